The lowest BCUT2D eigenvalue weighted by atomic mass is 10.4. The van der Waals surface area contributed by atoms with E-state index < -0.39 is 22.9 Å². The largest absolute Gasteiger partial charge is 0.573 e. The van der Waals surface area contributed by atoms with Crippen LogP contribution in [-0.2, 0) is 0 Å². The standard InChI is InChI=1S/C7H4F3IN2O4/c1-16-5-4(11)3(17-7(8,9)10)2-12-6(5)13(14)15/h2H,1H3. The van der Waals surface area contributed by atoms with Crippen LogP contribution in [0.5, 0.6) is 11.5 Å². The van der Waals surface area contributed by atoms with Crippen LogP contribution in [0.25, 0.3) is 0 Å². The van der Waals surface area contributed by atoms with Crippen molar-refractivity contribution >= 4 is 28.4 Å². The quantitative estimate of drug-likeness (QED) is 0.468. The fourth-order valence-electron chi connectivity index (χ4n) is 0.952. The maximum Gasteiger partial charge on any atom is 0.573 e. The minimum absolute atomic E-state index is 0.177. The number of ether oxygens (including phenoxy) is 2. The van der Waals surface area contributed by atoms with Crippen molar-refractivity contribution in [1.29, 1.82) is 0 Å². The van der Waals surface area contributed by atoms with Crippen molar-refractivity contribution in [3.63, 3.8) is 0 Å². The Hall–Kier alpha value is -1.33. The lowest BCUT2D eigenvalue weighted by Gasteiger charge is -2.10. The molecule has 0 radical (unpaired) electrons. The van der Waals surface area contributed by atoms with E-state index >= 15 is 0 Å². The smallest absolute Gasteiger partial charge is 0.488 e. The molecule has 1 aromatic rings. The molecular formula is C7H4F3IN2O4. The molecule has 0 aliphatic carbocycles. The molecule has 17 heavy (non-hydrogen) atoms. The van der Waals surface area contributed by atoms with Crippen molar-refractivity contribution in [2.75, 3.05) is 7.11 Å². The van der Waals surface area contributed by atoms with Gasteiger partial charge in [-0.1, -0.05) is 0 Å². The fourth-order valence-corrected chi connectivity index (χ4v) is 1.66. The summed E-state index contributed by atoms with van der Waals surface area (Å²) in [5.74, 6) is -1.70. The van der Waals surface area contributed by atoms with Gasteiger partial charge in [0.25, 0.3) is 0 Å². The summed E-state index contributed by atoms with van der Waals surface area (Å²) in [5, 5.41) is 10.5. The molecule has 94 valence electrons. The van der Waals surface area contributed by atoms with E-state index in [2.05, 4.69) is 14.5 Å². The van der Waals surface area contributed by atoms with Crippen LogP contribution in [0, 0.1) is 13.7 Å². The SMILES string of the molecule is COc1c([N+](=O)[O-])ncc(OC(F)(F)F)c1I. The Labute approximate surface area is 106 Å². The number of nitrogens with zero attached hydrogens (tertiary/aromatic N) is 2. The van der Waals surface area contributed by atoms with E-state index in [0.29, 0.717) is 6.20 Å². The highest BCUT2D eigenvalue weighted by Gasteiger charge is 2.35. The van der Waals surface area contributed by atoms with Gasteiger partial charge in [-0.05, 0) is 32.5 Å². The molecule has 6 nitrogen and oxygen atoms in total. The zero-order chi connectivity index (χ0) is 13.2. The zero-order valence-electron chi connectivity index (χ0n) is 8.12. The Morgan fingerprint density at radius 1 is 1.53 bits per heavy atom. The van der Waals surface area contributed by atoms with Crippen molar-refractivity contribution in [2.24, 2.45) is 0 Å². The average Bonchev–Trinajstić information content (AvgIpc) is 2.18. The molecule has 0 saturated heterocycles. The van der Waals surface area contributed by atoms with Gasteiger partial charge in [0.1, 0.15) is 3.57 Å². The number of nitro groups is 1. The van der Waals surface area contributed by atoms with Gasteiger partial charge in [-0.15, -0.1) is 13.2 Å². The van der Waals surface area contributed by atoms with E-state index in [1.54, 1.807) is 0 Å². The van der Waals surface area contributed by atoms with E-state index in [1.165, 1.54) is 22.6 Å². The first-order valence-corrected chi connectivity index (χ1v) is 4.96. The predicted octanol–water partition coefficient (Wildman–Crippen LogP) is 2.50. The Morgan fingerprint density at radius 2 is 2.12 bits per heavy atom. The molecule has 0 fully saturated rings. The summed E-state index contributed by atoms with van der Waals surface area (Å²) in [6.45, 7) is 0. The molecule has 0 saturated carbocycles. The summed E-state index contributed by atoms with van der Waals surface area (Å²) in [6, 6.07) is 0. The number of rotatable bonds is 3. The third-order valence-electron chi connectivity index (χ3n) is 1.53. The van der Waals surface area contributed by atoms with Gasteiger partial charge in [-0.3, -0.25) is 0 Å². The molecule has 1 aromatic heterocycles. The van der Waals surface area contributed by atoms with Crippen LogP contribution >= 0.6 is 22.6 Å². The molecule has 0 atom stereocenters. The molecule has 0 unspecified atom stereocenters. The van der Waals surface area contributed by atoms with Crippen molar-refractivity contribution in [2.45, 2.75) is 6.36 Å². The monoisotopic (exact) mass is 364 g/mol. The first kappa shape index (κ1) is 13.7. The summed E-state index contributed by atoms with van der Waals surface area (Å²) in [7, 11) is 1.09. The van der Waals surface area contributed by atoms with Crippen LogP contribution < -0.4 is 9.47 Å². The molecule has 0 amide bonds. The van der Waals surface area contributed by atoms with Gasteiger partial charge in [0.15, 0.2) is 11.9 Å². The van der Waals surface area contributed by atoms with Crippen molar-refractivity contribution in [3.8, 4) is 11.5 Å². The van der Waals surface area contributed by atoms with Crippen LogP contribution in [0.3, 0.4) is 0 Å². The summed E-state index contributed by atoms with van der Waals surface area (Å²) in [6.07, 6.45) is -4.28. The molecule has 0 N–H and O–H groups in total. The highest BCUT2D eigenvalue weighted by molar-refractivity contribution is 14.1. The number of hydrogen-bond acceptors (Lipinski definition) is 5. The second kappa shape index (κ2) is 4.89. The van der Waals surface area contributed by atoms with E-state index in [-0.39, 0.29) is 9.32 Å². The first-order chi connectivity index (χ1) is 7.76. The molecule has 1 rings (SSSR count). The van der Waals surface area contributed by atoms with Gasteiger partial charge in [-0.2, -0.15) is 0 Å². The van der Waals surface area contributed by atoms with Gasteiger partial charge in [0.2, 0.25) is 5.75 Å². The number of methoxy groups -OCH3 is 1. The van der Waals surface area contributed by atoms with Gasteiger partial charge in [0, 0.05) is 0 Å². The normalized spacial score (nSPS) is 11.1. The predicted molar refractivity (Wildman–Crippen MR) is 56.8 cm³/mol. The Morgan fingerprint density at radius 3 is 2.53 bits per heavy atom. The summed E-state index contributed by atoms with van der Waals surface area (Å²) < 4.78 is 44.1. The van der Waals surface area contributed by atoms with Gasteiger partial charge < -0.3 is 19.6 Å². The van der Waals surface area contributed by atoms with E-state index in [4.69, 9.17) is 0 Å². The van der Waals surface area contributed by atoms with Crippen LogP contribution in [0.1, 0.15) is 0 Å². The maximum atomic E-state index is 12.0. The number of pyridine rings is 1. The minimum atomic E-state index is -4.90. The fraction of sp³-hybridized carbons (Fsp3) is 0.286. The van der Waals surface area contributed by atoms with Crippen LogP contribution in [0.2, 0.25) is 0 Å². The molecule has 0 aliphatic rings. The van der Waals surface area contributed by atoms with Crippen LogP contribution in [0.4, 0.5) is 19.0 Å². The minimum Gasteiger partial charge on any atom is -0.488 e. The van der Waals surface area contributed by atoms with Crippen molar-refractivity contribution < 1.29 is 27.6 Å². The molecule has 10 heteroatoms. The van der Waals surface area contributed by atoms with Gasteiger partial charge in [0.05, 0.1) is 7.11 Å². The molecule has 0 aliphatic heterocycles. The Kier molecular flexibility index (Phi) is 3.95. The lowest BCUT2D eigenvalue weighted by molar-refractivity contribution is -0.390. The van der Waals surface area contributed by atoms with Crippen molar-refractivity contribution in [1.82, 2.24) is 4.98 Å². The number of alkyl halides is 3. The van der Waals surface area contributed by atoms with Gasteiger partial charge in [-0.25, -0.2) is 0 Å². The highest BCUT2D eigenvalue weighted by atomic mass is 127. The van der Waals surface area contributed by atoms with E-state index in [9.17, 15) is 23.3 Å². The third-order valence-corrected chi connectivity index (χ3v) is 2.55. The molecule has 0 aromatic carbocycles. The number of aromatic nitrogens is 1. The number of hydrogen-bond donors (Lipinski definition) is 0. The molecule has 1 heterocycles. The van der Waals surface area contributed by atoms with Crippen molar-refractivity contribution in [3.05, 3.63) is 19.9 Å². The van der Waals surface area contributed by atoms with Gasteiger partial charge >= 0.3 is 12.2 Å². The summed E-state index contributed by atoms with van der Waals surface area (Å²) in [4.78, 5) is 12.9. The molecule has 0 bridgehead atoms. The summed E-state index contributed by atoms with van der Waals surface area (Å²) in [5.41, 5.74) is 0. The van der Waals surface area contributed by atoms with Crippen LogP contribution in [0.15, 0.2) is 6.20 Å². The van der Waals surface area contributed by atoms with Crippen LogP contribution in [-0.4, -0.2) is 23.4 Å². The number of halogens is 4. The summed E-state index contributed by atoms with van der Waals surface area (Å²) >= 11 is 1.45. The topological polar surface area (TPSA) is 74.5 Å². The third kappa shape index (κ3) is 3.31. The average molecular weight is 364 g/mol. The second-order valence-corrected chi connectivity index (χ2v) is 3.68. The van der Waals surface area contributed by atoms with E-state index in [1.807, 2.05) is 0 Å². The zero-order valence-corrected chi connectivity index (χ0v) is 10.3. The lowest BCUT2D eigenvalue weighted by Crippen LogP contribution is -2.18. The second-order valence-electron chi connectivity index (χ2n) is 2.60. The first-order valence-electron chi connectivity index (χ1n) is 3.89. The maximum absolute atomic E-state index is 12.0. The highest BCUT2D eigenvalue weighted by Crippen LogP contribution is 2.37. The molecular weight excluding hydrogens is 360 g/mol. The van der Waals surface area contributed by atoms with E-state index in [0.717, 1.165) is 7.11 Å². The molecule has 0 spiro atoms. The Bertz CT molecular complexity index is 451. The Balaban J connectivity index is 3.25.